The van der Waals surface area contributed by atoms with Crippen LogP contribution in [0.5, 0.6) is 0 Å². The molecule has 0 spiro atoms. The molecule has 1 saturated carbocycles. The molecule has 35 heavy (non-hydrogen) atoms. The van der Waals surface area contributed by atoms with Gasteiger partial charge >= 0.3 is 11.9 Å². The van der Waals surface area contributed by atoms with Crippen LogP contribution < -0.4 is 5.32 Å². The number of anilines is 1. The Hall–Kier alpha value is -3.26. The SMILES string of the molecule is CC[N+](CC)(CC(=O)OCc1ccccc1)C1(C(=O)Nc2c(C)cc(F)cc2C(=O)OC)CCC1. The molecule has 1 aliphatic carbocycles. The highest BCUT2D eigenvalue weighted by molar-refractivity contribution is 6.05. The summed E-state index contributed by atoms with van der Waals surface area (Å²) in [5, 5.41) is 2.89. The first-order chi connectivity index (χ1) is 16.7. The molecule has 0 bridgehead atoms. The average Bonchev–Trinajstić information content (AvgIpc) is 2.82. The number of methoxy groups -OCH3 is 1. The number of carbonyl (C=O) groups excluding carboxylic acids is 3. The molecule has 1 fully saturated rings. The van der Waals surface area contributed by atoms with Crippen LogP contribution in [0.1, 0.15) is 54.6 Å². The number of likely N-dealkylation sites (N-methyl/N-ethyl adjacent to an activating group) is 1. The van der Waals surface area contributed by atoms with Crippen molar-refractivity contribution in [1.29, 1.82) is 0 Å². The molecular formula is C27H34FN2O5+. The lowest BCUT2D eigenvalue weighted by Gasteiger charge is -2.55. The van der Waals surface area contributed by atoms with Gasteiger partial charge in [-0.25, -0.2) is 14.0 Å². The van der Waals surface area contributed by atoms with E-state index in [-0.39, 0.29) is 40.8 Å². The van der Waals surface area contributed by atoms with E-state index >= 15 is 0 Å². The maximum atomic E-state index is 14.0. The Labute approximate surface area is 205 Å². The number of aryl methyl sites for hydroxylation is 1. The summed E-state index contributed by atoms with van der Waals surface area (Å²) in [5.74, 6) is -1.98. The minimum Gasteiger partial charge on any atom is -0.465 e. The van der Waals surface area contributed by atoms with Gasteiger partial charge in [-0.3, -0.25) is 4.79 Å². The summed E-state index contributed by atoms with van der Waals surface area (Å²) in [6.45, 7) is 6.88. The maximum Gasteiger partial charge on any atom is 0.362 e. The molecule has 8 heteroatoms. The highest BCUT2D eigenvalue weighted by atomic mass is 19.1. The minimum absolute atomic E-state index is 0.0406. The average molecular weight is 486 g/mol. The number of hydrogen-bond acceptors (Lipinski definition) is 5. The van der Waals surface area contributed by atoms with Crippen LogP contribution in [-0.4, -0.2) is 54.6 Å². The second-order valence-corrected chi connectivity index (χ2v) is 9.06. The van der Waals surface area contributed by atoms with Crippen LogP contribution in [0.15, 0.2) is 42.5 Å². The van der Waals surface area contributed by atoms with Crippen molar-refractivity contribution in [3.63, 3.8) is 0 Å². The molecule has 0 saturated heterocycles. The topological polar surface area (TPSA) is 81.7 Å². The number of hydrogen-bond donors (Lipinski definition) is 1. The smallest absolute Gasteiger partial charge is 0.362 e. The fourth-order valence-corrected chi connectivity index (χ4v) is 5.07. The molecule has 1 amide bonds. The summed E-state index contributed by atoms with van der Waals surface area (Å²) in [5.41, 5.74) is 0.642. The van der Waals surface area contributed by atoms with Gasteiger partial charge in [-0.15, -0.1) is 0 Å². The molecule has 0 aliphatic heterocycles. The van der Waals surface area contributed by atoms with E-state index in [1.54, 1.807) is 6.92 Å². The lowest BCUT2D eigenvalue weighted by molar-refractivity contribution is -0.963. The monoisotopic (exact) mass is 485 g/mol. The minimum atomic E-state index is -0.858. The largest absolute Gasteiger partial charge is 0.465 e. The predicted molar refractivity (Wildman–Crippen MR) is 130 cm³/mol. The Kier molecular flexibility index (Phi) is 8.27. The van der Waals surface area contributed by atoms with Crippen molar-refractivity contribution in [3.05, 3.63) is 65.0 Å². The number of quaternary nitrogens is 1. The van der Waals surface area contributed by atoms with Crippen LogP contribution >= 0.6 is 0 Å². The lowest BCUT2D eigenvalue weighted by atomic mass is 9.72. The van der Waals surface area contributed by atoms with Gasteiger partial charge < -0.3 is 19.3 Å². The summed E-state index contributed by atoms with van der Waals surface area (Å²) >= 11 is 0. The fraction of sp³-hybridized carbons (Fsp3) is 0.444. The molecule has 1 N–H and O–H groups in total. The molecule has 7 nitrogen and oxygen atoms in total. The third-order valence-corrected chi connectivity index (χ3v) is 7.34. The number of nitrogens with zero attached hydrogens (tertiary/aromatic N) is 1. The molecule has 0 radical (unpaired) electrons. The second kappa shape index (κ2) is 11.0. The summed E-state index contributed by atoms with van der Waals surface area (Å²) < 4.78 is 24.6. The van der Waals surface area contributed by atoms with Crippen molar-refractivity contribution in [2.24, 2.45) is 0 Å². The van der Waals surface area contributed by atoms with Crippen LogP contribution in [0.4, 0.5) is 10.1 Å². The van der Waals surface area contributed by atoms with Crippen LogP contribution in [0.25, 0.3) is 0 Å². The van der Waals surface area contributed by atoms with Gasteiger partial charge in [-0.1, -0.05) is 30.3 Å². The molecule has 0 aromatic heterocycles. The van der Waals surface area contributed by atoms with Crippen LogP contribution in [0, 0.1) is 12.7 Å². The highest BCUT2D eigenvalue weighted by Gasteiger charge is 2.60. The molecule has 188 valence electrons. The lowest BCUT2D eigenvalue weighted by Crippen LogP contribution is -2.73. The zero-order valence-electron chi connectivity index (χ0n) is 20.9. The normalized spacial score (nSPS) is 14.5. The first-order valence-electron chi connectivity index (χ1n) is 12.0. The molecule has 3 rings (SSSR count). The fourth-order valence-electron chi connectivity index (χ4n) is 5.07. The van der Waals surface area contributed by atoms with Gasteiger partial charge in [0.15, 0.2) is 12.1 Å². The third-order valence-electron chi connectivity index (χ3n) is 7.34. The van der Waals surface area contributed by atoms with Gasteiger partial charge in [0.2, 0.25) is 0 Å². The summed E-state index contributed by atoms with van der Waals surface area (Å²) in [6, 6.07) is 11.8. The molecule has 0 heterocycles. The first kappa shape index (κ1) is 26.3. The Morgan fingerprint density at radius 1 is 1.09 bits per heavy atom. The Bertz CT molecular complexity index is 1080. The number of rotatable bonds is 10. The van der Waals surface area contributed by atoms with Crippen molar-refractivity contribution in [1.82, 2.24) is 0 Å². The maximum absolute atomic E-state index is 14.0. The molecule has 1 aliphatic rings. The standard InChI is InChI=1S/C27H33FN2O5/c1-5-30(6-2,17-23(31)35-18-20-11-8-7-9-12-20)27(13-10-14-27)26(33)29-24-19(3)15-21(28)16-22(24)25(32)34-4/h7-9,11-12,15-16H,5-6,10,13-14,17-18H2,1-4H3/p+1. The molecule has 0 unspecified atom stereocenters. The number of ether oxygens (including phenoxy) is 2. The predicted octanol–water partition coefficient (Wildman–Crippen LogP) is 4.38. The zero-order chi connectivity index (χ0) is 25.6. The molecular weight excluding hydrogens is 451 g/mol. The van der Waals surface area contributed by atoms with Gasteiger partial charge in [-0.2, -0.15) is 0 Å². The van der Waals surface area contributed by atoms with E-state index < -0.39 is 17.3 Å². The van der Waals surface area contributed by atoms with E-state index in [9.17, 15) is 18.8 Å². The Morgan fingerprint density at radius 3 is 2.29 bits per heavy atom. The van der Waals surface area contributed by atoms with Gasteiger partial charge in [0.05, 0.1) is 31.5 Å². The number of nitrogens with one attached hydrogen (secondary N) is 1. The zero-order valence-corrected chi connectivity index (χ0v) is 20.9. The Morgan fingerprint density at radius 2 is 1.74 bits per heavy atom. The third kappa shape index (κ3) is 5.22. The highest BCUT2D eigenvalue weighted by Crippen LogP contribution is 2.44. The summed E-state index contributed by atoms with van der Waals surface area (Å²) in [4.78, 5) is 39.0. The summed E-state index contributed by atoms with van der Waals surface area (Å²) in [6.07, 6.45) is 2.04. The van der Waals surface area contributed by atoms with Crippen molar-refractivity contribution in [2.45, 2.75) is 52.2 Å². The van der Waals surface area contributed by atoms with Crippen molar-refractivity contribution >= 4 is 23.5 Å². The van der Waals surface area contributed by atoms with Crippen molar-refractivity contribution < 1.29 is 32.7 Å². The first-order valence-corrected chi connectivity index (χ1v) is 12.0. The number of halogens is 1. The van der Waals surface area contributed by atoms with Crippen LogP contribution in [0.3, 0.4) is 0 Å². The quantitative estimate of drug-likeness (QED) is 0.399. The Balaban J connectivity index is 1.86. The van der Waals surface area contributed by atoms with E-state index in [1.807, 2.05) is 44.2 Å². The summed E-state index contributed by atoms with van der Waals surface area (Å²) in [7, 11) is 1.21. The van der Waals surface area contributed by atoms with E-state index in [1.165, 1.54) is 13.2 Å². The van der Waals surface area contributed by atoms with E-state index in [0.29, 0.717) is 31.5 Å². The number of esters is 2. The van der Waals surface area contributed by atoms with Gasteiger partial charge in [0.25, 0.3) is 5.91 Å². The molecule has 0 atom stereocenters. The molecule has 2 aromatic carbocycles. The van der Waals surface area contributed by atoms with E-state index in [2.05, 4.69) is 5.32 Å². The molecule has 2 aromatic rings. The number of carbonyl (C=O) groups is 3. The van der Waals surface area contributed by atoms with Gasteiger partial charge in [0, 0.05) is 12.8 Å². The van der Waals surface area contributed by atoms with E-state index in [4.69, 9.17) is 9.47 Å². The number of benzene rings is 2. The second-order valence-electron chi connectivity index (χ2n) is 9.06. The van der Waals surface area contributed by atoms with Crippen LogP contribution in [0.2, 0.25) is 0 Å². The van der Waals surface area contributed by atoms with Gasteiger partial charge in [0.1, 0.15) is 12.4 Å². The van der Waals surface area contributed by atoms with Gasteiger partial charge in [-0.05, 0) is 50.5 Å². The van der Waals surface area contributed by atoms with Crippen molar-refractivity contribution in [3.8, 4) is 0 Å². The van der Waals surface area contributed by atoms with Crippen LogP contribution in [-0.2, 0) is 25.7 Å². The van der Waals surface area contributed by atoms with Crippen molar-refractivity contribution in [2.75, 3.05) is 32.1 Å². The van der Waals surface area contributed by atoms with E-state index in [0.717, 1.165) is 18.1 Å². The number of amides is 1.